The molecule has 1 aliphatic carbocycles. The Morgan fingerprint density at radius 1 is 1.09 bits per heavy atom. The highest BCUT2D eigenvalue weighted by Gasteiger charge is 2.54. The monoisotopic (exact) mass is 480 g/mol. The zero-order chi connectivity index (χ0) is 25.0. The Morgan fingerprint density at radius 2 is 1.80 bits per heavy atom. The van der Waals surface area contributed by atoms with Gasteiger partial charge in [-0.1, -0.05) is 24.3 Å². The van der Waals surface area contributed by atoms with E-state index in [2.05, 4.69) is 16.2 Å². The molecule has 3 N–H and O–H groups in total. The van der Waals surface area contributed by atoms with Crippen LogP contribution in [0, 0.1) is 0 Å². The number of aryl methyl sites for hydroxylation is 1. The van der Waals surface area contributed by atoms with E-state index in [1.165, 1.54) is 6.92 Å². The topological polar surface area (TPSA) is 126 Å². The average Bonchev–Trinajstić information content (AvgIpc) is 3.08. The van der Waals surface area contributed by atoms with Crippen LogP contribution in [0.5, 0.6) is 11.5 Å². The van der Waals surface area contributed by atoms with Crippen molar-refractivity contribution in [2.75, 3.05) is 13.2 Å². The van der Waals surface area contributed by atoms with Crippen LogP contribution in [0.1, 0.15) is 37.8 Å². The normalized spacial score (nSPS) is 19.5. The summed E-state index contributed by atoms with van der Waals surface area (Å²) >= 11 is 0. The van der Waals surface area contributed by atoms with Crippen LogP contribution in [0.4, 0.5) is 4.79 Å². The van der Waals surface area contributed by atoms with Crippen LogP contribution in [0.15, 0.2) is 48.5 Å². The van der Waals surface area contributed by atoms with Gasteiger partial charge in [0.05, 0.1) is 6.61 Å². The Labute approximate surface area is 202 Å². The van der Waals surface area contributed by atoms with Crippen molar-refractivity contribution in [3.63, 3.8) is 0 Å². The van der Waals surface area contributed by atoms with Crippen LogP contribution < -0.4 is 25.6 Å². The molecule has 1 heterocycles. The lowest BCUT2D eigenvalue weighted by Gasteiger charge is -2.33. The first-order valence-corrected chi connectivity index (χ1v) is 11.5. The average molecular weight is 481 g/mol. The minimum atomic E-state index is -1.16. The number of carbonyl (C=O) groups excluding carboxylic acids is 4. The van der Waals surface area contributed by atoms with Gasteiger partial charge in [0.2, 0.25) is 0 Å². The third-order valence-corrected chi connectivity index (χ3v) is 6.09. The third-order valence-electron chi connectivity index (χ3n) is 6.09. The minimum absolute atomic E-state index is 0.458. The number of urea groups is 1. The van der Waals surface area contributed by atoms with Gasteiger partial charge in [-0.2, -0.15) is 0 Å². The Hall–Kier alpha value is -4.08. The molecule has 10 heteroatoms. The molecule has 0 bridgehead atoms. The van der Waals surface area contributed by atoms with Gasteiger partial charge in [0.25, 0.3) is 17.7 Å². The maximum absolute atomic E-state index is 13.3. The number of carbonyl (C=O) groups is 4. The van der Waals surface area contributed by atoms with Gasteiger partial charge in [-0.25, -0.2) is 4.79 Å². The molecule has 1 saturated heterocycles. The number of benzene rings is 2. The van der Waals surface area contributed by atoms with E-state index in [9.17, 15) is 19.2 Å². The molecule has 2 aromatic rings. The lowest BCUT2D eigenvalue weighted by Crippen LogP contribution is -2.51. The summed E-state index contributed by atoms with van der Waals surface area (Å²) in [6, 6.07) is 13.6. The zero-order valence-electron chi connectivity index (χ0n) is 19.6. The molecule has 2 aromatic carbocycles. The summed E-state index contributed by atoms with van der Waals surface area (Å²) in [6.07, 6.45) is 1.12. The van der Waals surface area contributed by atoms with E-state index in [1.54, 1.807) is 24.3 Å². The second-order valence-electron chi connectivity index (χ2n) is 8.44. The van der Waals surface area contributed by atoms with Gasteiger partial charge in [-0.3, -0.25) is 30.1 Å². The van der Waals surface area contributed by atoms with E-state index in [0.717, 1.165) is 28.9 Å². The van der Waals surface area contributed by atoms with Crippen molar-refractivity contribution in [3.8, 4) is 11.5 Å². The fraction of sp³-hybridized carbons (Fsp3) is 0.360. The van der Waals surface area contributed by atoms with Crippen LogP contribution in [0.2, 0.25) is 0 Å². The Balaban J connectivity index is 1.31. The maximum atomic E-state index is 13.3. The molecule has 1 spiro atoms. The van der Waals surface area contributed by atoms with E-state index in [4.69, 9.17) is 9.47 Å². The Morgan fingerprint density at radius 3 is 2.54 bits per heavy atom. The van der Waals surface area contributed by atoms with E-state index >= 15 is 0 Å². The molecular formula is C25H28N4O6. The van der Waals surface area contributed by atoms with Gasteiger partial charge in [0.15, 0.2) is 6.10 Å². The maximum Gasteiger partial charge on any atom is 0.325 e. The number of hydrogen-bond acceptors (Lipinski definition) is 6. The van der Waals surface area contributed by atoms with Crippen LogP contribution in [0.3, 0.4) is 0 Å². The highest BCUT2D eigenvalue weighted by molar-refractivity contribution is 6.09. The van der Waals surface area contributed by atoms with Crippen LogP contribution >= 0.6 is 0 Å². The molecule has 184 valence electrons. The van der Waals surface area contributed by atoms with Crippen LogP contribution in [-0.2, 0) is 26.3 Å². The van der Waals surface area contributed by atoms with Crippen molar-refractivity contribution in [2.45, 2.75) is 44.8 Å². The Kier molecular flexibility index (Phi) is 6.90. The van der Waals surface area contributed by atoms with Crippen molar-refractivity contribution in [3.05, 3.63) is 59.7 Å². The van der Waals surface area contributed by atoms with Crippen molar-refractivity contribution >= 4 is 23.8 Å². The summed E-state index contributed by atoms with van der Waals surface area (Å²) in [4.78, 5) is 51.5. The lowest BCUT2D eigenvalue weighted by atomic mass is 9.76. The molecule has 0 radical (unpaired) electrons. The molecule has 0 aromatic heterocycles. The number of ether oxygens (including phenoxy) is 2. The van der Waals surface area contributed by atoms with Crippen molar-refractivity contribution in [1.29, 1.82) is 0 Å². The van der Waals surface area contributed by atoms with E-state index in [-0.39, 0.29) is 0 Å². The summed E-state index contributed by atoms with van der Waals surface area (Å²) in [5, 5.41) is 2.79. The zero-order valence-corrected chi connectivity index (χ0v) is 19.6. The Bertz CT molecular complexity index is 1140. The summed E-state index contributed by atoms with van der Waals surface area (Å²) in [6.45, 7) is 3.42. The molecule has 2 atom stereocenters. The molecule has 1 aliphatic heterocycles. The number of amides is 5. The number of hydrazine groups is 1. The van der Waals surface area contributed by atoms with Gasteiger partial charge in [-0.05, 0) is 68.5 Å². The smallest absolute Gasteiger partial charge is 0.325 e. The number of fused-ring (bicyclic) bond motifs is 2. The van der Waals surface area contributed by atoms with E-state index in [1.807, 2.05) is 31.2 Å². The standard InChI is InChI=1S/C25H28N4O6/c1-3-34-18-10-12-19(13-11-18)35-16(2)22(31)28-27-21(30)15-29-23(32)25(26-24(29)33)14-6-8-17-7-4-5-9-20(17)25/h4-5,7,9-13,16H,3,6,8,14-15H2,1-2H3,(H,26,33)(H,27,30)(H,28,31). The predicted molar refractivity (Wildman–Crippen MR) is 125 cm³/mol. The molecule has 35 heavy (non-hydrogen) atoms. The number of rotatable bonds is 7. The van der Waals surface area contributed by atoms with Crippen LogP contribution in [-0.4, -0.2) is 47.9 Å². The molecule has 5 amide bonds. The summed E-state index contributed by atoms with van der Waals surface area (Å²) < 4.78 is 10.9. The summed E-state index contributed by atoms with van der Waals surface area (Å²) in [7, 11) is 0. The SMILES string of the molecule is CCOc1ccc(OC(C)C(=O)NNC(=O)CN2C(=O)NC3(CCCc4ccccc43)C2=O)cc1. The minimum Gasteiger partial charge on any atom is -0.494 e. The second kappa shape index (κ2) is 10.0. The predicted octanol–water partition coefficient (Wildman–Crippen LogP) is 1.78. The summed E-state index contributed by atoms with van der Waals surface area (Å²) in [5.74, 6) is -0.635. The molecule has 1 fully saturated rings. The second-order valence-corrected chi connectivity index (χ2v) is 8.44. The molecule has 2 aliphatic rings. The number of nitrogens with zero attached hydrogens (tertiary/aromatic N) is 1. The molecule has 4 rings (SSSR count). The van der Waals surface area contributed by atoms with E-state index < -0.39 is 41.9 Å². The van der Waals surface area contributed by atoms with Gasteiger partial charge in [0, 0.05) is 0 Å². The fourth-order valence-electron chi connectivity index (χ4n) is 4.41. The van der Waals surface area contributed by atoms with Crippen molar-refractivity contribution < 1.29 is 28.7 Å². The molecular weight excluding hydrogens is 452 g/mol. The highest BCUT2D eigenvalue weighted by Crippen LogP contribution is 2.39. The van der Waals surface area contributed by atoms with E-state index in [0.29, 0.717) is 24.5 Å². The largest absolute Gasteiger partial charge is 0.494 e. The van der Waals surface area contributed by atoms with Gasteiger partial charge in [0.1, 0.15) is 23.6 Å². The summed E-state index contributed by atoms with van der Waals surface area (Å²) in [5.41, 5.74) is 5.12. The highest BCUT2D eigenvalue weighted by atomic mass is 16.5. The fourth-order valence-corrected chi connectivity index (χ4v) is 4.41. The van der Waals surface area contributed by atoms with Gasteiger partial charge >= 0.3 is 6.03 Å². The molecule has 10 nitrogen and oxygen atoms in total. The number of imide groups is 1. The first-order valence-electron chi connectivity index (χ1n) is 11.5. The van der Waals surface area contributed by atoms with Crippen molar-refractivity contribution in [1.82, 2.24) is 21.1 Å². The first-order chi connectivity index (χ1) is 16.8. The third kappa shape index (κ3) is 4.91. The van der Waals surface area contributed by atoms with Gasteiger partial charge in [-0.15, -0.1) is 0 Å². The van der Waals surface area contributed by atoms with Gasteiger partial charge < -0.3 is 14.8 Å². The molecule has 0 saturated carbocycles. The molecule has 2 unspecified atom stereocenters. The quantitative estimate of drug-likeness (QED) is 0.410. The van der Waals surface area contributed by atoms with Crippen molar-refractivity contribution in [2.24, 2.45) is 0 Å². The van der Waals surface area contributed by atoms with Crippen LogP contribution in [0.25, 0.3) is 0 Å². The lowest BCUT2D eigenvalue weighted by molar-refractivity contribution is -0.137. The first kappa shape index (κ1) is 24.1. The number of hydrogen-bond donors (Lipinski definition) is 3. The number of nitrogens with one attached hydrogen (secondary N) is 3.